The van der Waals surface area contributed by atoms with Crippen molar-refractivity contribution in [3.8, 4) is 0 Å². The molecule has 5 nitrogen and oxygen atoms in total. The van der Waals surface area contributed by atoms with Crippen molar-refractivity contribution in [2.45, 2.75) is 18.2 Å². The van der Waals surface area contributed by atoms with Crippen LogP contribution in [0.5, 0.6) is 0 Å². The maximum absolute atomic E-state index is 12.8. The van der Waals surface area contributed by atoms with E-state index in [9.17, 15) is 8.42 Å². The number of para-hydroxylation sites is 1. The van der Waals surface area contributed by atoms with Gasteiger partial charge in [0.05, 0.1) is 5.69 Å². The molecule has 0 amide bonds. The average molecular weight is 299 g/mol. The summed E-state index contributed by atoms with van der Waals surface area (Å²) in [6, 6.07) is 7.01. The molecule has 6 heteroatoms. The van der Waals surface area contributed by atoms with Gasteiger partial charge in [-0.05, 0) is 32.6 Å². The van der Waals surface area contributed by atoms with E-state index < -0.39 is 10.0 Å². The molecule has 0 aliphatic rings. The van der Waals surface area contributed by atoms with E-state index in [0.717, 1.165) is 6.42 Å². The molecule has 114 valence electrons. The molecule has 0 radical (unpaired) electrons. The summed E-state index contributed by atoms with van der Waals surface area (Å²) in [5.41, 5.74) is 0.637. The van der Waals surface area contributed by atoms with Crippen LogP contribution in [0.2, 0.25) is 0 Å². The van der Waals surface area contributed by atoms with Crippen LogP contribution in [-0.2, 0) is 10.0 Å². The van der Waals surface area contributed by atoms with Crippen LogP contribution in [0.4, 0.5) is 5.69 Å². The maximum atomic E-state index is 12.8. The first kappa shape index (κ1) is 16.9. The molecule has 1 aromatic rings. The van der Waals surface area contributed by atoms with Gasteiger partial charge < -0.3 is 10.2 Å². The Morgan fingerprint density at radius 3 is 2.30 bits per heavy atom. The molecule has 1 aromatic carbocycles. The third-order valence-corrected chi connectivity index (χ3v) is 5.00. The zero-order valence-electron chi connectivity index (χ0n) is 12.8. The summed E-state index contributed by atoms with van der Waals surface area (Å²) in [5.74, 6) is 0. The molecule has 0 aliphatic heterocycles. The molecule has 0 unspecified atom stereocenters. The van der Waals surface area contributed by atoms with Gasteiger partial charge in [0.2, 0.25) is 10.0 Å². The molecule has 0 spiro atoms. The van der Waals surface area contributed by atoms with E-state index in [1.54, 1.807) is 29.6 Å². The SMILES string of the molecule is CCCN(CCN(C)C)S(=O)(=O)c1ccccc1NC. The van der Waals surface area contributed by atoms with Crippen molar-refractivity contribution < 1.29 is 8.42 Å². The second-order valence-corrected chi connectivity index (χ2v) is 6.86. The number of hydrogen-bond donors (Lipinski definition) is 1. The third kappa shape index (κ3) is 4.19. The van der Waals surface area contributed by atoms with Gasteiger partial charge in [-0.15, -0.1) is 0 Å². The summed E-state index contributed by atoms with van der Waals surface area (Å²) >= 11 is 0. The van der Waals surface area contributed by atoms with Gasteiger partial charge in [0.25, 0.3) is 0 Å². The smallest absolute Gasteiger partial charge is 0.245 e. The molecule has 0 heterocycles. The molecule has 1 rings (SSSR count). The summed E-state index contributed by atoms with van der Waals surface area (Å²) in [4.78, 5) is 2.33. The van der Waals surface area contributed by atoms with Gasteiger partial charge in [0.15, 0.2) is 0 Å². The fraction of sp³-hybridized carbons (Fsp3) is 0.571. The van der Waals surface area contributed by atoms with E-state index in [1.165, 1.54) is 0 Å². The summed E-state index contributed by atoms with van der Waals surface area (Å²) in [5, 5.41) is 2.95. The van der Waals surface area contributed by atoms with Crippen molar-refractivity contribution in [1.82, 2.24) is 9.21 Å². The van der Waals surface area contributed by atoms with E-state index in [2.05, 4.69) is 5.32 Å². The van der Waals surface area contributed by atoms with Crippen LogP contribution in [0.1, 0.15) is 13.3 Å². The lowest BCUT2D eigenvalue weighted by molar-refractivity contribution is 0.333. The van der Waals surface area contributed by atoms with Crippen molar-refractivity contribution in [2.24, 2.45) is 0 Å². The lowest BCUT2D eigenvalue weighted by Gasteiger charge is -2.24. The minimum absolute atomic E-state index is 0.342. The first-order valence-electron chi connectivity index (χ1n) is 6.85. The first-order valence-corrected chi connectivity index (χ1v) is 8.29. The van der Waals surface area contributed by atoms with E-state index in [1.807, 2.05) is 32.0 Å². The molecule has 0 bridgehead atoms. The Hall–Kier alpha value is -1.11. The van der Waals surface area contributed by atoms with Gasteiger partial charge in [-0.25, -0.2) is 8.42 Å². The molecular formula is C14H25N3O2S. The largest absolute Gasteiger partial charge is 0.387 e. The quantitative estimate of drug-likeness (QED) is 0.794. The lowest BCUT2D eigenvalue weighted by atomic mass is 10.3. The number of sulfonamides is 1. The predicted molar refractivity (Wildman–Crippen MR) is 83.6 cm³/mol. The molecule has 0 saturated carbocycles. The van der Waals surface area contributed by atoms with Crippen molar-refractivity contribution in [3.05, 3.63) is 24.3 Å². The van der Waals surface area contributed by atoms with E-state index in [4.69, 9.17) is 0 Å². The zero-order valence-corrected chi connectivity index (χ0v) is 13.6. The topological polar surface area (TPSA) is 52.7 Å². The number of nitrogens with zero attached hydrogens (tertiary/aromatic N) is 2. The van der Waals surface area contributed by atoms with E-state index >= 15 is 0 Å². The van der Waals surface area contributed by atoms with Crippen molar-refractivity contribution in [3.63, 3.8) is 0 Å². The molecule has 0 aliphatic carbocycles. The van der Waals surface area contributed by atoms with Crippen LogP contribution >= 0.6 is 0 Å². The summed E-state index contributed by atoms with van der Waals surface area (Å²) in [6.07, 6.45) is 0.800. The Kier molecular flexibility index (Phi) is 6.45. The monoisotopic (exact) mass is 299 g/mol. The Morgan fingerprint density at radius 1 is 1.10 bits per heavy atom. The van der Waals surface area contributed by atoms with Gasteiger partial charge in [-0.3, -0.25) is 0 Å². The molecule has 0 aromatic heterocycles. The Bertz CT molecular complexity index is 515. The standard InChI is InChI=1S/C14H25N3O2S/c1-5-10-17(12-11-16(3)4)20(18,19)14-9-7-6-8-13(14)15-2/h6-9,15H,5,10-12H2,1-4H3. The van der Waals surface area contributed by atoms with Crippen molar-refractivity contribution in [2.75, 3.05) is 46.1 Å². The molecule has 0 fully saturated rings. The molecule has 20 heavy (non-hydrogen) atoms. The van der Waals surface area contributed by atoms with Crippen LogP contribution in [0.15, 0.2) is 29.2 Å². The molecule has 0 saturated heterocycles. The predicted octanol–water partition coefficient (Wildman–Crippen LogP) is 1.69. The average Bonchev–Trinajstić information content (AvgIpc) is 2.42. The van der Waals surface area contributed by atoms with E-state index in [0.29, 0.717) is 30.2 Å². The lowest BCUT2D eigenvalue weighted by Crippen LogP contribution is -2.37. The van der Waals surface area contributed by atoms with Crippen LogP contribution < -0.4 is 5.32 Å². The fourth-order valence-corrected chi connectivity index (χ4v) is 3.67. The van der Waals surface area contributed by atoms with E-state index in [-0.39, 0.29) is 0 Å². The summed E-state index contributed by atoms with van der Waals surface area (Å²) in [6.45, 7) is 3.73. The second-order valence-electron chi connectivity index (χ2n) is 4.95. The normalized spacial score (nSPS) is 12.1. The van der Waals surface area contributed by atoms with Crippen molar-refractivity contribution in [1.29, 1.82) is 0 Å². The minimum Gasteiger partial charge on any atom is -0.387 e. The number of nitrogens with one attached hydrogen (secondary N) is 1. The number of rotatable bonds is 8. The van der Waals surface area contributed by atoms with Gasteiger partial charge in [-0.2, -0.15) is 4.31 Å². The Labute approximate surface area is 122 Å². The molecular weight excluding hydrogens is 274 g/mol. The highest BCUT2D eigenvalue weighted by Gasteiger charge is 2.25. The third-order valence-electron chi connectivity index (χ3n) is 3.04. The van der Waals surface area contributed by atoms with Gasteiger partial charge in [0, 0.05) is 26.7 Å². The van der Waals surface area contributed by atoms with Crippen LogP contribution in [0, 0.1) is 0 Å². The van der Waals surface area contributed by atoms with Gasteiger partial charge >= 0.3 is 0 Å². The Morgan fingerprint density at radius 2 is 1.75 bits per heavy atom. The summed E-state index contributed by atoms with van der Waals surface area (Å²) in [7, 11) is 2.16. The number of anilines is 1. The van der Waals surface area contributed by atoms with Crippen LogP contribution in [0.3, 0.4) is 0 Å². The highest BCUT2D eigenvalue weighted by molar-refractivity contribution is 7.89. The second kappa shape index (κ2) is 7.61. The maximum Gasteiger partial charge on any atom is 0.245 e. The number of benzene rings is 1. The fourth-order valence-electron chi connectivity index (χ4n) is 1.95. The Balaban J connectivity index is 3.09. The first-order chi connectivity index (χ1) is 9.43. The number of hydrogen-bond acceptors (Lipinski definition) is 4. The van der Waals surface area contributed by atoms with Crippen LogP contribution in [-0.4, -0.2) is 58.4 Å². The summed E-state index contributed by atoms with van der Waals surface area (Å²) < 4.78 is 27.1. The molecule has 1 N–H and O–H groups in total. The molecule has 0 atom stereocenters. The van der Waals surface area contributed by atoms with Crippen molar-refractivity contribution >= 4 is 15.7 Å². The highest BCUT2D eigenvalue weighted by atomic mass is 32.2. The van der Waals surface area contributed by atoms with Crippen LogP contribution in [0.25, 0.3) is 0 Å². The minimum atomic E-state index is -3.46. The number of likely N-dealkylation sites (N-methyl/N-ethyl adjacent to an activating group) is 1. The van der Waals surface area contributed by atoms with Gasteiger partial charge in [-0.1, -0.05) is 19.1 Å². The zero-order chi connectivity index (χ0) is 15.2. The van der Waals surface area contributed by atoms with Gasteiger partial charge in [0.1, 0.15) is 4.90 Å². The highest BCUT2D eigenvalue weighted by Crippen LogP contribution is 2.24.